The molecule has 0 aliphatic rings. The second-order valence-electron chi connectivity index (χ2n) is 4.18. The van der Waals surface area contributed by atoms with Gasteiger partial charge in [0.15, 0.2) is 0 Å². The van der Waals surface area contributed by atoms with Crippen LogP contribution in [0.4, 0.5) is 0 Å². The number of aryl methyl sites for hydroxylation is 2. The monoisotopic (exact) mass is 242 g/mol. The first kappa shape index (κ1) is 10.5. The van der Waals surface area contributed by atoms with Gasteiger partial charge in [-0.15, -0.1) is 11.3 Å². The summed E-state index contributed by atoms with van der Waals surface area (Å²) >= 11 is 1.81. The molecule has 0 bridgehead atoms. The maximum absolute atomic E-state index is 4.68. The van der Waals surface area contributed by atoms with Crippen LogP contribution in [0.15, 0.2) is 30.3 Å². The molecule has 0 saturated heterocycles. The van der Waals surface area contributed by atoms with Crippen molar-refractivity contribution in [2.75, 3.05) is 0 Å². The molecule has 2 heterocycles. The highest BCUT2D eigenvalue weighted by Crippen LogP contribution is 2.28. The SMILES string of the molecule is CCc1ccc(-c2nc3c(C)cccc3[nH]2)s1. The minimum Gasteiger partial charge on any atom is -0.337 e. The molecule has 0 saturated carbocycles. The van der Waals surface area contributed by atoms with Crippen LogP contribution >= 0.6 is 11.3 Å². The molecule has 1 N–H and O–H groups in total. The predicted molar refractivity (Wildman–Crippen MR) is 73.5 cm³/mol. The molecule has 0 aliphatic carbocycles. The van der Waals surface area contributed by atoms with E-state index >= 15 is 0 Å². The highest BCUT2D eigenvalue weighted by molar-refractivity contribution is 7.15. The standard InChI is InChI=1S/C14H14N2S/c1-3-10-7-8-12(17-10)14-15-11-6-4-5-9(2)13(11)16-14/h4-8H,3H2,1-2H3,(H,15,16). The Bertz CT molecular complexity index is 664. The molecule has 2 aromatic heterocycles. The topological polar surface area (TPSA) is 28.7 Å². The van der Waals surface area contributed by atoms with Crippen molar-refractivity contribution in [3.05, 3.63) is 40.8 Å². The van der Waals surface area contributed by atoms with Crippen molar-refractivity contribution in [1.29, 1.82) is 0 Å². The molecule has 0 unspecified atom stereocenters. The Morgan fingerprint density at radius 1 is 1.24 bits per heavy atom. The lowest BCUT2D eigenvalue weighted by molar-refractivity contribution is 1.19. The Morgan fingerprint density at radius 3 is 2.82 bits per heavy atom. The molecule has 0 atom stereocenters. The van der Waals surface area contributed by atoms with Gasteiger partial charge in [-0.1, -0.05) is 19.1 Å². The maximum atomic E-state index is 4.68. The normalized spacial score (nSPS) is 11.2. The van der Waals surface area contributed by atoms with Crippen LogP contribution in [0.1, 0.15) is 17.4 Å². The Hall–Kier alpha value is -1.61. The zero-order valence-corrected chi connectivity index (χ0v) is 10.8. The average Bonchev–Trinajstić information content (AvgIpc) is 2.95. The number of imidazole rings is 1. The van der Waals surface area contributed by atoms with Gasteiger partial charge in [-0.3, -0.25) is 0 Å². The summed E-state index contributed by atoms with van der Waals surface area (Å²) < 4.78 is 0. The number of thiophene rings is 1. The summed E-state index contributed by atoms with van der Waals surface area (Å²) in [5.41, 5.74) is 3.41. The number of H-pyrrole nitrogens is 1. The molecule has 1 aromatic carbocycles. The molecule has 0 fully saturated rings. The lowest BCUT2D eigenvalue weighted by Crippen LogP contribution is -1.74. The van der Waals surface area contributed by atoms with Gasteiger partial charge in [-0.2, -0.15) is 0 Å². The third kappa shape index (κ3) is 1.76. The quantitative estimate of drug-likeness (QED) is 0.718. The van der Waals surface area contributed by atoms with Crippen LogP contribution < -0.4 is 0 Å². The van der Waals surface area contributed by atoms with E-state index in [1.54, 1.807) is 0 Å². The number of rotatable bonds is 2. The number of nitrogens with one attached hydrogen (secondary N) is 1. The Kier molecular flexibility index (Phi) is 2.48. The van der Waals surface area contributed by atoms with E-state index in [2.05, 4.69) is 54.1 Å². The first-order valence-corrected chi connectivity index (χ1v) is 6.64. The van der Waals surface area contributed by atoms with Gasteiger partial charge in [0.25, 0.3) is 0 Å². The molecule has 17 heavy (non-hydrogen) atoms. The highest BCUT2D eigenvalue weighted by Gasteiger charge is 2.08. The van der Waals surface area contributed by atoms with E-state index in [4.69, 9.17) is 0 Å². The minimum absolute atomic E-state index is 0.985. The second kappa shape index (κ2) is 4.00. The van der Waals surface area contributed by atoms with E-state index in [1.807, 2.05) is 11.3 Å². The van der Waals surface area contributed by atoms with Gasteiger partial charge in [0.2, 0.25) is 0 Å². The molecule has 0 spiro atoms. The minimum atomic E-state index is 0.985. The fraction of sp³-hybridized carbons (Fsp3) is 0.214. The Balaban J connectivity index is 2.14. The smallest absolute Gasteiger partial charge is 0.148 e. The van der Waals surface area contributed by atoms with Crippen LogP contribution in [0.2, 0.25) is 0 Å². The zero-order chi connectivity index (χ0) is 11.8. The van der Waals surface area contributed by atoms with Gasteiger partial charge in [0.1, 0.15) is 5.82 Å². The number of para-hydroxylation sites is 1. The summed E-state index contributed by atoms with van der Waals surface area (Å²) in [6.45, 7) is 4.28. The molecule has 2 nitrogen and oxygen atoms in total. The fourth-order valence-corrected chi connectivity index (χ4v) is 2.88. The predicted octanol–water partition coefficient (Wildman–Crippen LogP) is 4.16. The first-order chi connectivity index (χ1) is 8.28. The summed E-state index contributed by atoms with van der Waals surface area (Å²) in [4.78, 5) is 10.7. The largest absolute Gasteiger partial charge is 0.337 e. The molecule has 0 aliphatic heterocycles. The number of fused-ring (bicyclic) bond motifs is 1. The molecule has 86 valence electrons. The third-order valence-corrected chi connectivity index (χ3v) is 4.19. The molecule has 3 heteroatoms. The number of hydrogen-bond acceptors (Lipinski definition) is 2. The van der Waals surface area contributed by atoms with Gasteiger partial charge in [0.05, 0.1) is 15.9 Å². The lowest BCUT2D eigenvalue weighted by Gasteiger charge is -1.90. The van der Waals surface area contributed by atoms with E-state index < -0.39 is 0 Å². The van der Waals surface area contributed by atoms with Gasteiger partial charge >= 0.3 is 0 Å². The van der Waals surface area contributed by atoms with Gasteiger partial charge in [-0.25, -0.2) is 4.98 Å². The van der Waals surface area contributed by atoms with Crippen LogP contribution in [0.5, 0.6) is 0 Å². The van der Waals surface area contributed by atoms with E-state index in [0.29, 0.717) is 0 Å². The Labute approximate surface area is 104 Å². The van der Waals surface area contributed by atoms with Gasteiger partial charge in [-0.05, 0) is 37.1 Å². The molecule has 0 radical (unpaired) electrons. The van der Waals surface area contributed by atoms with Crippen LogP contribution in [-0.2, 0) is 6.42 Å². The zero-order valence-electron chi connectivity index (χ0n) is 9.95. The molecule has 3 aromatic rings. The highest BCUT2D eigenvalue weighted by atomic mass is 32.1. The number of aromatic nitrogens is 2. The van der Waals surface area contributed by atoms with Crippen molar-refractivity contribution >= 4 is 22.4 Å². The van der Waals surface area contributed by atoms with E-state index in [1.165, 1.54) is 15.3 Å². The number of aromatic amines is 1. The van der Waals surface area contributed by atoms with Crippen LogP contribution in [-0.4, -0.2) is 9.97 Å². The summed E-state index contributed by atoms with van der Waals surface area (Å²) in [5, 5.41) is 0. The Morgan fingerprint density at radius 2 is 2.12 bits per heavy atom. The van der Waals surface area contributed by atoms with Crippen LogP contribution in [0.25, 0.3) is 21.7 Å². The van der Waals surface area contributed by atoms with Crippen LogP contribution in [0, 0.1) is 6.92 Å². The van der Waals surface area contributed by atoms with Crippen molar-refractivity contribution in [3.63, 3.8) is 0 Å². The second-order valence-corrected chi connectivity index (χ2v) is 5.34. The molecule has 3 rings (SSSR count). The maximum Gasteiger partial charge on any atom is 0.148 e. The summed E-state index contributed by atoms with van der Waals surface area (Å²) in [6, 6.07) is 10.6. The van der Waals surface area contributed by atoms with E-state index in [-0.39, 0.29) is 0 Å². The van der Waals surface area contributed by atoms with E-state index in [9.17, 15) is 0 Å². The number of benzene rings is 1. The fourth-order valence-electron chi connectivity index (χ4n) is 1.99. The van der Waals surface area contributed by atoms with Crippen molar-refractivity contribution in [3.8, 4) is 10.7 Å². The summed E-state index contributed by atoms with van der Waals surface area (Å²) in [6.07, 6.45) is 1.09. The lowest BCUT2D eigenvalue weighted by atomic mass is 10.2. The van der Waals surface area contributed by atoms with Crippen molar-refractivity contribution in [2.24, 2.45) is 0 Å². The number of nitrogens with zero attached hydrogens (tertiary/aromatic N) is 1. The number of hydrogen-bond donors (Lipinski definition) is 1. The first-order valence-electron chi connectivity index (χ1n) is 5.82. The van der Waals surface area contributed by atoms with Gasteiger partial charge < -0.3 is 4.98 Å². The van der Waals surface area contributed by atoms with Gasteiger partial charge in [0, 0.05) is 4.88 Å². The average molecular weight is 242 g/mol. The molecular weight excluding hydrogens is 228 g/mol. The van der Waals surface area contributed by atoms with Crippen molar-refractivity contribution in [2.45, 2.75) is 20.3 Å². The molecular formula is C14H14N2S. The summed E-state index contributed by atoms with van der Waals surface area (Å²) in [5.74, 6) is 0.985. The summed E-state index contributed by atoms with van der Waals surface area (Å²) in [7, 11) is 0. The van der Waals surface area contributed by atoms with E-state index in [0.717, 1.165) is 23.3 Å². The molecule has 0 amide bonds. The van der Waals surface area contributed by atoms with Crippen LogP contribution in [0.3, 0.4) is 0 Å². The van der Waals surface area contributed by atoms with Crippen molar-refractivity contribution < 1.29 is 0 Å². The van der Waals surface area contributed by atoms with Crippen molar-refractivity contribution in [1.82, 2.24) is 9.97 Å². The third-order valence-electron chi connectivity index (χ3n) is 2.96.